The first-order chi connectivity index (χ1) is 7.61. The lowest BCUT2D eigenvalue weighted by Gasteiger charge is -2.39. The Labute approximate surface area is 99.4 Å². The van der Waals surface area contributed by atoms with E-state index in [-0.39, 0.29) is 11.7 Å². The Morgan fingerprint density at radius 1 is 1.31 bits per heavy atom. The molecule has 1 N–H and O–H groups in total. The fourth-order valence-electron chi connectivity index (χ4n) is 3.31. The van der Waals surface area contributed by atoms with Crippen molar-refractivity contribution in [2.24, 2.45) is 11.8 Å². The molecule has 0 amide bonds. The van der Waals surface area contributed by atoms with Gasteiger partial charge >= 0.3 is 0 Å². The lowest BCUT2D eigenvalue weighted by molar-refractivity contribution is -0.0994. The van der Waals surface area contributed by atoms with Crippen LogP contribution < -0.4 is 0 Å². The molecule has 0 aromatic rings. The number of aliphatic hydroxyl groups is 1. The first-order valence-electron chi connectivity index (χ1n) is 6.93. The van der Waals surface area contributed by atoms with E-state index in [0.717, 1.165) is 19.4 Å². The smallest absolute Gasteiger partial charge is 0.0685 e. The minimum absolute atomic E-state index is 0.124. The normalized spacial score (nSPS) is 31.1. The van der Waals surface area contributed by atoms with Crippen LogP contribution in [0.15, 0.2) is 0 Å². The Morgan fingerprint density at radius 3 is 2.62 bits per heavy atom. The van der Waals surface area contributed by atoms with Crippen molar-refractivity contribution in [1.82, 2.24) is 0 Å². The summed E-state index contributed by atoms with van der Waals surface area (Å²) < 4.78 is 6.02. The van der Waals surface area contributed by atoms with Crippen molar-refractivity contribution in [3.8, 4) is 0 Å². The summed E-state index contributed by atoms with van der Waals surface area (Å²) in [5.74, 6) is 1.08. The Bertz CT molecular complexity index is 219. The Kier molecular flexibility index (Phi) is 3.91. The maximum atomic E-state index is 9.97. The van der Waals surface area contributed by atoms with E-state index in [2.05, 4.69) is 13.8 Å². The molecule has 1 spiro atoms. The molecule has 16 heavy (non-hydrogen) atoms. The molecular formula is C14H26O2. The molecule has 2 heteroatoms. The van der Waals surface area contributed by atoms with E-state index in [1.165, 1.54) is 32.1 Å². The second kappa shape index (κ2) is 5.05. The van der Waals surface area contributed by atoms with Gasteiger partial charge in [-0.15, -0.1) is 0 Å². The highest BCUT2D eigenvalue weighted by atomic mass is 16.5. The van der Waals surface area contributed by atoms with Crippen molar-refractivity contribution in [2.75, 3.05) is 6.61 Å². The SMILES string of the molecule is CC(C)C(O)CC1CCOC2(CCCC2)C1. The van der Waals surface area contributed by atoms with Gasteiger partial charge in [0.25, 0.3) is 0 Å². The van der Waals surface area contributed by atoms with Crippen LogP contribution in [0.1, 0.15) is 58.8 Å². The summed E-state index contributed by atoms with van der Waals surface area (Å²) in [7, 11) is 0. The van der Waals surface area contributed by atoms with Gasteiger partial charge in [-0.2, -0.15) is 0 Å². The fraction of sp³-hybridized carbons (Fsp3) is 1.00. The molecule has 1 saturated heterocycles. The second-order valence-electron chi connectivity index (χ2n) is 6.14. The van der Waals surface area contributed by atoms with Crippen molar-refractivity contribution < 1.29 is 9.84 Å². The summed E-state index contributed by atoms with van der Waals surface area (Å²) in [4.78, 5) is 0. The molecule has 0 bridgehead atoms. The van der Waals surface area contributed by atoms with Gasteiger partial charge in [-0.3, -0.25) is 0 Å². The number of hydrogen-bond donors (Lipinski definition) is 1. The van der Waals surface area contributed by atoms with Gasteiger partial charge in [0.2, 0.25) is 0 Å². The van der Waals surface area contributed by atoms with Gasteiger partial charge in [0.1, 0.15) is 0 Å². The topological polar surface area (TPSA) is 29.5 Å². The van der Waals surface area contributed by atoms with Crippen molar-refractivity contribution >= 4 is 0 Å². The van der Waals surface area contributed by atoms with E-state index < -0.39 is 0 Å². The minimum Gasteiger partial charge on any atom is -0.393 e. The molecular weight excluding hydrogens is 200 g/mol. The Hall–Kier alpha value is -0.0800. The third kappa shape index (κ3) is 2.78. The second-order valence-corrected chi connectivity index (χ2v) is 6.14. The summed E-state index contributed by atoms with van der Waals surface area (Å²) in [6, 6.07) is 0. The predicted molar refractivity (Wildman–Crippen MR) is 65.3 cm³/mol. The maximum absolute atomic E-state index is 9.97. The molecule has 94 valence electrons. The molecule has 0 aromatic heterocycles. The third-order valence-corrected chi connectivity index (χ3v) is 4.45. The molecule has 1 saturated carbocycles. The van der Waals surface area contributed by atoms with Crippen LogP contribution >= 0.6 is 0 Å². The van der Waals surface area contributed by atoms with Crippen LogP contribution in [0.4, 0.5) is 0 Å². The molecule has 1 aliphatic carbocycles. The van der Waals surface area contributed by atoms with Crippen LogP contribution in [0, 0.1) is 11.8 Å². The van der Waals surface area contributed by atoms with Gasteiger partial charge in [0.15, 0.2) is 0 Å². The van der Waals surface area contributed by atoms with Crippen molar-refractivity contribution in [2.45, 2.75) is 70.5 Å². The molecule has 2 atom stereocenters. The first kappa shape index (κ1) is 12.4. The Balaban J connectivity index is 1.87. The zero-order chi connectivity index (χ0) is 11.6. The lowest BCUT2D eigenvalue weighted by atomic mass is 9.80. The first-order valence-corrected chi connectivity index (χ1v) is 6.93. The molecule has 2 aliphatic rings. The van der Waals surface area contributed by atoms with Crippen LogP contribution in [0.5, 0.6) is 0 Å². The molecule has 0 radical (unpaired) electrons. The standard InChI is InChI=1S/C14H26O2/c1-11(2)13(15)9-12-5-8-16-14(10-12)6-3-4-7-14/h11-13,15H,3-10H2,1-2H3. The summed E-state index contributed by atoms with van der Waals surface area (Å²) in [6.07, 6.45) is 8.36. The molecule has 1 aliphatic heterocycles. The van der Waals surface area contributed by atoms with Crippen LogP contribution in [-0.2, 0) is 4.74 Å². The van der Waals surface area contributed by atoms with Gasteiger partial charge in [-0.1, -0.05) is 26.7 Å². The van der Waals surface area contributed by atoms with Crippen LogP contribution in [-0.4, -0.2) is 23.4 Å². The summed E-state index contributed by atoms with van der Waals surface area (Å²) in [5.41, 5.74) is 0.208. The van der Waals surface area contributed by atoms with E-state index in [1.54, 1.807) is 0 Å². The van der Waals surface area contributed by atoms with Crippen LogP contribution in [0.25, 0.3) is 0 Å². The van der Waals surface area contributed by atoms with E-state index in [4.69, 9.17) is 4.74 Å². The Morgan fingerprint density at radius 2 is 2.00 bits per heavy atom. The highest BCUT2D eigenvalue weighted by molar-refractivity contribution is 4.91. The van der Waals surface area contributed by atoms with Gasteiger partial charge in [0.05, 0.1) is 11.7 Å². The molecule has 2 fully saturated rings. The summed E-state index contributed by atoms with van der Waals surface area (Å²) in [5, 5.41) is 9.97. The fourth-order valence-corrected chi connectivity index (χ4v) is 3.31. The van der Waals surface area contributed by atoms with Gasteiger partial charge in [-0.05, 0) is 43.9 Å². The van der Waals surface area contributed by atoms with Crippen molar-refractivity contribution in [3.05, 3.63) is 0 Å². The van der Waals surface area contributed by atoms with Crippen LogP contribution in [0.2, 0.25) is 0 Å². The van der Waals surface area contributed by atoms with Crippen LogP contribution in [0.3, 0.4) is 0 Å². The summed E-state index contributed by atoms with van der Waals surface area (Å²) in [6.45, 7) is 5.13. The van der Waals surface area contributed by atoms with E-state index >= 15 is 0 Å². The van der Waals surface area contributed by atoms with Gasteiger partial charge < -0.3 is 9.84 Å². The average molecular weight is 226 g/mol. The van der Waals surface area contributed by atoms with E-state index in [0.29, 0.717) is 11.8 Å². The molecule has 2 unspecified atom stereocenters. The zero-order valence-corrected chi connectivity index (χ0v) is 10.7. The van der Waals surface area contributed by atoms with E-state index in [9.17, 15) is 5.11 Å². The summed E-state index contributed by atoms with van der Waals surface area (Å²) >= 11 is 0. The minimum atomic E-state index is -0.124. The van der Waals surface area contributed by atoms with E-state index in [1.807, 2.05) is 0 Å². The quantitative estimate of drug-likeness (QED) is 0.801. The third-order valence-electron chi connectivity index (χ3n) is 4.45. The molecule has 1 heterocycles. The highest BCUT2D eigenvalue weighted by Gasteiger charge is 2.40. The largest absolute Gasteiger partial charge is 0.393 e. The number of hydrogen-bond acceptors (Lipinski definition) is 2. The molecule has 2 rings (SSSR count). The average Bonchev–Trinajstić information content (AvgIpc) is 2.66. The number of ether oxygens (including phenoxy) is 1. The predicted octanol–water partition coefficient (Wildman–Crippen LogP) is 3.13. The van der Waals surface area contributed by atoms with Gasteiger partial charge in [-0.25, -0.2) is 0 Å². The monoisotopic (exact) mass is 226 g/mol. The van der Waals surface area contributed by atoms with Crippen molar-refractivity contribution in [1.29, 1.82) is 0 Å². The maximum Gasteiger partial charge on any atom is 0.0685 e. The van der Waals surface area contributed by atoms with Crippen molar-refractivity contribution in [3.63, 3.8) is 0 Å². The molecule has 0 aromatic carbocycles. The number of rotatable bonds is 3. The molecule has 2 nitrogen and oxygen atoms in total. The number of aliphatic hydroxyl groups excluding tert-OH is 1. The van der Waals surface area contributed by atoms with Gasteiger partial charge in [0, 0.05) is 6.61 Å². The highest BCUT2D eigenvalue weighted by Crippen LogP contribution is 2.43. The lowest BCUT2D eigenvalue weighted by Crippen LogP contribution is -2.38. The zero-order valence-electron chi connectivity index (χ0n) is 10.7.